The van der Waals surface area contributed by atoms with E-state index in [0.717, 1.165) is 58.7 Å². The molecular weight excluding hydrogens is 537 g/mol. The number of ether oxygens (including phenoxy) is 1. The zero-order valence-electron chi connectivity index (χ0n) is 21.6. The minimum Gasteiger partial charge on any atom is -0.492 e. The molecule has 4 N–H and O–H groups in total. The van der Waals surface area contributed by atoms with E-state index in [0.29, 0.717) is 6.61 Å². The Morgan fingerprint density at radius 3 is 2.71 bits per heavy atom. The summed E-state index contributed by atoms with van der Waals surface area (Å²) in [6.45, 7) is 2.37. The van der Waals surface area contributed by atoms with Crippen molar-refractivity contribution in [1.82, 2.24) is 15.5 Å². The average Bonchev–Trinajstić information content (AvgIpc) is 3.56. The van der Waals surface area contributed by atoms with Gasteiger partial charge in [-0.05, 0) is 53.5 Å². The molecular formula is C30H25F3N4O4. The van der Waals surface area contributed by atoms with E-state index in [9.17, 15) is 18.0 Å². The molecule has 0 radical (unpaired) electrons. The molecule has 0 saturated heterocycles. The minimum atomic E-state index is -5.08. The molecule has 7 rings (SSSR count). The third-order valence-electron chi connectivity index (χ3n) is 7.65. The molecule has 0 unspecified atom stereocenters. The van der Waals surface area contributed by atoms with E-state index >= 15 is 0 Å². The van der Waals surface area contributed by atoms with Crippen LogP contribution in [-0.2, 0) is 21.5 Å². The van der Waals surface area contributed by atoms with Crippen molar-refractivity contribution in [2.45, 2.75) is 30.5 Å². The highest BCUT2D eigenvalue weighted by Gasteiger charge is 2.65. The van der Waals surface area contributed by atoms with Gasteiger partial charge in [0.1, 0.15) is 12.4 Å². The number of carbonyl (C=O) groups excluding carboxylic acids is 1. The van der Waals surface area contributed by atoms with Crippen molar-refractivity contribution < 1.29 is 32.6 Å². The number of alkyl halides is 3. The van der Waals surface area contributed by atoms with Crippen LogP contribution < -0.4 is 15.4 Å². The van der Waals surface area contributed by atoms with Gasteiger partial charge in [0.25, 0.3) is 0 Å². The largest absolute Gasteiger partial charge is 0.492 e. The quantitative estimate of drug-likeness (QED) is 0.272. The zero-order valence-corrected chi connectivity index (χ0v) is 21.6. The van der Waals surface area contributed by atoms with Crippen molar-refractivity contribution in [3.05, 3.63) is 88.6 Å². The lowest BCUT2D eigenvalue weighted by atomic mass is 9.92. The van der Waals surface area contributed by atoms with Crippen LogP contribution in [0.5, 0.6) is 5.75 Å². The fraction of sp³-hybridized carbons (Fsp3) is 0.233. The maximum atomic E-state index is 12.8. The number of amides is 1. The number of aromatic nitrogens is 2. The van der Waals surface area contributed by atoms with Crippen molar-refractivity contribution in [1.29, 1.82) is 0 Å². The second kappa shape index (κ2) is 10.1. The van der Waals surface area contributed by atoms with Gasteiger partial charge in [0.2, 0.25) is 5.91 Å². The van der Waals surface area contributed by atoms with Crippen LogP contribution in [0.2, 0.25) is 0 Å². The number of para-hydroxylation sites is 1. The Morgan fingerprint density at radius 1 is 1.10 bits per heavy atom. The number of rotatable bonds is 3. The van der Waals surface area contributed by atoms with Crippen LogP contribution in [0.4, 0.5) is 18.9 Å². The molecule has 2 aliphatic heterocycles. The van der Waals surface area contributed by atoms with Crippen LogP contribution in [-0.4, -0.2) is 46.5 Å². The Balaban J connectivity index is 0.000000387. The highest BCUT2D eigenvalue weighted by atomic mass is 19.4. The highest BCUT2D eigenvalue weighted by Crippen LogP contribution is 2.65. The summed E-state index contributed by atoms with van der Waals surface area (Å²) < 4.78 is 37.5. The lowest BCUT2D eigenvalue weighted by Gasteiger charge is -2.08. The smallest absolute Gasteiger partial charge is 0.490 e. The molecule has 1 aromatic heterocycles. The van der Waals surface area contributed by atoms with Gasteiger partial charge >= 0.3 is 12.1 Å². The summed E-state index contributed by atoms with van der Waals surface area (Å²) in [5, 5.41) is 22.4. The summed E-state index contributed by atoms with van der Waals surface area (Å²) in [5.74, 6) is -1.49. The SMILES string of the molecule is O=C(O)C(F)(F)F.O=C1Nc2ccccc2[C@]12C[C@H]2c1ccc2c(C=Cc3ccc4c(c3)CNCCO4)n[nH]c2c1. The second-order valence-electron chi connectivity index (χ2n) is 10.2. The number of anilines is 1. The zero-order chi connectivity index (χ0) is 28.8. The predicted molar refractivity (Wildman–Crippen MR) is 146 cm³/mol. The van der Waals surface area contributed by atoms with Crippen LogP contribution in [0.15, 0.2) is 60.7 Å². The summed E-state index contributed by atoms with van der Waals surface area (Å²) in [7, 11) is 0. The number of nitrogens with zero attached hydrogens (tertiary/aromatic N) is 1. The van der Waals surface area contributed by atoms with Gasteiger partial charge in [0, 0.05) is 35.6 Å². The summed E-state index contributed by atoms with van der Waals surface area (Å²) in [6, 6.07) is 20.7. The molecule has 41 heavy (non-hydrogen) atoms. The molecule has 3 aliphatic rings. The molecule has 210 valence electrons. The average molecular weight is 563 g/mol. The predicted octanol–water partition coefficient (Wildman–Crippen LogP) is 5.23. The first-order valence-corrected chi connectivity index (χ1v) is 13.0. The van der Waals surface area contributed by atoms with Crippen LogP contribution in [0, 0.1) is 0 Å². The van der Waals surface area contributed by atoms with E-state index in [-0.39, 0.29) is 11.8 Å². The van der Waals surface area contributed by atoms with E-state index in [1.807, 2.05) is 30.3 Å². The number of carboxylic acids is 1. The van der Waals surface area contributed by atoms with Crippen molar-refractivity contribution in [2.24, 2.45) is 0 Å². The summed E-state index contributed by atoms with van der Waals surface area (Å²) in [6.07, 6.45) is -0.103. The molecule has 3 aromatic carbocycles. The molecule has 0 bridgehead atoms. The van der Waals surface area contributed by atoms with Gasteiger partial charge in [-0.15, -0.1) is 0 Å². The molecule has 1 spiro atoms. The van der Waals surface area contributed by atoms with Gasteiger partial charge in [-0.2, -0.15) is 18.3 Å². The first-order valence-electron chi connectivity index (χ1n) is 13.0. The number of carbonyl (C=O) groups is 2. The number of nitrogens with one attached hydrogen (secondary N) is 3. The van der Waals surface area contributed by atoms with E-state index in [1.165, 1.54) is 11.1 Å². The summed E-state index contributed by atoms with van der Waals surface area (Å²) in [5.41, 5.74) is 7.01. The number of aromatic amines is 1. The number of fused-ring (bicyclic) bond motifs is 4. The van der Waals surface area contributed by atoms with Gasteiger partial charge < -0.3 is 20.5 Å². The monoisotopic (exact) mass is 562 g/mol. The number of H-pyrrole nitrogens is 1. The molecule has 11 heteroatoms. The Bertz CT molecular complexity index is 1700. The fourth-order valence-electron chi connectivity index (χ4n) is 5.57. The number of benzene rings is 3. The second-order valence-corrected chi connectivity index (χ2v) is 10.2. The minimum absolute atomic E-state index is 0.119. The van der Waals surface area contributed by atoms with Crippen LogP contribution >= 0.6 is 0 Å². The molecule has 2 atom stereocenters. The Kier molecular flexibility index (Phi) is 6.53. The van der Waals surface area contributed by atoms with Gasteiger partial charge in [0.05, 0.1) is 16.6 Å². The van der Waals surface area contributed by atoms with E-state index in [2.05, 4.69) is 63.3 Å². The first-order chi connectivity index (χ1) is 19.7. The van der Waals surface area contributed by atoms with Gasteiger partial charge in [-0.3, -0.25) is 9.89 Å². The van der Waals surface area contributed by atoms with E-state index < -0.39 is 17.6 Å². The third-order valence-corrected chi connectivity index (χ3v) is 7.65. The van der Waals surface area contributed by atoms with Crippen LogP contribution in [0.25, 0.3) is 23.1 Å². The molecule has 1 fully saturated rings. The topological polar surface area (TPSA) is 116 Å². The Morgan fingerprint density at radius 2 is 1.90 bits per heavy atom. The molecule has 4 aromatic rings. The van der Waals surface area contributed by atoms with Crippen molar-refractivity contribution in [3.8, 4) is 5.75 Å². The van der Waals surface area contributed by atoms with Crippen molar-refractivity contribution >= 4 is 40.6 Å². The lowest BCUT2D eigenvalue weighted by Crippen LogP contribution is -2.21. The maximum Gasteiger partial charge on any atom is 0.490 e. The van der Waals surface area contributed by atoms with Gasteiger partial charge in [0.15, 0.2) is 0 Å². The fourth-order valence-corrected chi connectivity index (χ4v) is 5.57. The van der Waals surface area contributed by atoms with E-state index in [1.54, 1.807) is 0 Å². The Hall–Kier alpha value is -4.64. The standard InChI is InChI=1S/C28H24N4O2.C2HF3O2/c33-27-28(21-3-1-2-4-24(21)30-27)15-22(28)18-7-8-20-23(31-32-25(20)14-18)9-5-17-6-10-26-19(13-17)16-29-11-12-34-26;3-2(4,5)1(6)7/h1-10,13-14,22,29H,11-12,15-16H2,(H,30,33)(H,31,32);(H,6,7)/t22-,28-;/m0./s1. The molecule has 1 aliphatic carbocycles. The Labute approximate surface area is 232 Å². The summed E-state index contributed by atoms with van der Waals surface area (Å²) >= 11 is 0. The first kappa shape index (κ1) is 26.6. The number of hydrogen-bond acceptors (Lipinski definition) is 5. The van der Waals surface area contributed by atoms with Crippen molar-refractivity contribution in [2.75, 3.05) is 18.5 Å². The van der Waals surface area contributed by atoms with Crippen LogP contribution in [0.3, 0.4) is 0 Å². The van der Waals surface area contributed by atoms with E-state index in [4.69, 9.17) is 14.6 Å². The lowest BCUT2D eigenvalue weighted by molar-refractivity contribution is -0.192. The molecule has 1 saturated carbocycles. The van der Waals surface area contributed by atoms with Crippen LogP contribution in [0.1, 0.15) is 40.3 Å². The normalized spacial score (nSPS) is 21.0. The number of carboxylic acid groups (broad SMARTS) is 1. The molecule has 3 heterocycles. The van der Waals surface area contributed by atoms with Gasteiger partial charge in [-0.25, -0.2) is 4.79 Å². The number of halogens is 3. The number of hydrogen-bond donors (Lipinski definition) is 4. The maximum absolute atomic E-state index is 12.8. The molecule has 1 amide bonds. The number of aliphatic carboxylic acids is 1. The third kappa shape index (κ3) is 4.93. The van der Waals surface area contributed by atoms with Crippen molar-refractivity contribution in [3.63, 3.8) is 0 Å². The van der Waals surface area contributed by atoms with Gasteiger partial charge in [-0.1, -0.05) is 42.5 Å². The molecule has 8 nitrogen and oxygen atoms in total. The highest BCUT2D eigenvalue weighted by molar-refractivity contribution is 6.09. The summed E-state index contributed by atoms with van der Waals surface area (Å²) in [4.78, 5) is 21.7.